The third-order valence-electron chi connectivity index (χ3n) is 2.24. The lowest BCUT2D eigenvalue weighted by Crippen LogP contribution is -2.14. The number of hydrogen-bond donors (Lipinski definition) is 3. The second kappa shape index (κ2) is 4.17. The van der Waals surface area contributed by atoms with Crippen LogP contribution in [-0.2, 0) is 0 Å². The Hall–Kier alpha value is -2.90. The zero-order chi connectivity index (χ0) is 13.3. The van der Waals surface area contributed by atoms with E-state index in [2.05, 4.69) is 9.97 Å². The summed E-state index contributed by atoms with van der Waals surface area (Å²) in [5.41, 5.74) is 4.50. The molecule has 4 N–H and O–H groups in total. The number of H-pyrrole nitrogens is 1. The number of anilines is 1. The maximum atomic E-state index is 11.4. The van der Waals surface area contributed by atoms with Crippen LogP contribution in [-0.4, -0.2) is 20.0 Å². The van der Waals surface area contributed by atoms with Crippen molar-refractivity contribution in [2.24, 2.45) is 0 Å². The lowest BCUT2D eigenvalue weighted by molar-refractivity contribution is -0.387. The zero-order valence-electron chi connectivity index (χ0n) is 8.95. The average Bonchev–Trinajstić information content (AvgIpc) is 2.28. The minimum Gasteiger partial charge on any atom is -0.488 e. The molecular formula is C10H8N4O4. The molecule has 2 rings (SSSR count). The first-order chi connectivity index (χ1) is 8.49. The Labute approximate surface area is 99.9 Å². The van der Waals surface area contributed by atoms with Crippen molar-refractivity contribution in [3.63, 3.8) is 0 Å². The van der Waals surface area contributed by atoms with E-state index in [1.807, 2.05) is 0 Å². The Bertz CT molecular complexity index is 663. The third kappa shape index (κ3) is 1.98. The number of nitrogens with zero attached hydrogens (tertiary/aromatic N) is 2. The van der Waals surface area contributed by atoms with Gasteiger partial charge in [0.05, 0.1) is 4.92 Å². The summed E-state index contributed by atoms with van der Waals surface area (Å²) in [5.74, 6) is -0.890. The molecule has 0 unspecified atom stereocenters. The van der Waals surface area contributed by atoms with Crippen LogP contribution in [0.2, 0.25) is 0 Å². The van der Waals surface area contributed by atoms with Gasteiger partial charge in [0.15, 0.2) is 0 Å². The van der Waals surface area contributed by atoms with E-state index in [0.717, 1.165) is 0 Å². The van der Waals surface area contributed by atoms with E-state index in [9.17, 15) is 20.0 Å². The van der Waals surface area contributed by atoms with Crippen LogP contribution in [0.3, 0.4) is 0 Å². The lowest BCUT2D eigenvalue weighted by atomic mass is 10.2. The van der Waals surface area contributed by atoms with E-state index >= 15 is 0 Å². The number of benzene rings is 1. The van der Waals surface area contributed by atoms with Gasteiger partial charge in [0.1, 0.15) is 5.82 Å². The highest BCUT2D eigenvalue weighted by Gasteiger charge is 2.22. The summed E-state index contributed by atoms with van der Waals surface area (Å²) in [5, 5.41) is 19.9. The number of aromatic nitrogens is 2. The maximum Gasteiger partial charge on any atom is 0.395 e. The predicted octanol–water partition coefficient (Wildman–Crippen LogP) is 0.633. The molecule has 18 heavy (non-hydrogen) atoms. The summed E-state index contributed by atoms with van der Waals surface area (Å²) in [6.45, 7) is 0. The van der Waals surface area contributed by atoms with Gasteiger partial charge >= 0.3 is 11.2 Å². The first-order valence-electron chi connectivity index (χ1n) is 4.82. The van der Waals surface area contributed by atoms with Crippen molar-refractivity contribution in [2.75, 3.05) is 5.73 Å². The number of aromatic hydroxyl groups is 1. The van der Waals surface area contributed by atoms with Gasteiger partial charge < -0.3 is 15.8 Å². The van der Waals surface area contributed by atoms with E-state index in [-0.39, 0.29) is 5.82 Å². The molecule has 0 saturated carbocycles. The molecule has 0 aliphatic carbocycles. The number of nitrogen functional groups attached to an aromatic ring is 1. The van der Waals surface area contributed by atoms with Crippen LogP contribution >= 0.6 is 0 Å². The molecule has 8 nitrogen and oxygen atoms in total. The van der Waals surface area contributed by atoms with Gasteiger partial charge in [-0.05, 0) is 24.3 Å². The topological polar surface area (TPSA) is 135 Å². The summed E-state index contributed by atoms with van der Waals surface area (Å²) in [4.78, 5) is 26.7. The Balaban J connectivity index is 2.58. The molecular weight excluding hydrogens is 240 g/mol. The number of nitro groups is 1. The van der Waals surface area contributed by atoms with Crippen LogP contribution in [0.5, 0.6) is 5.88 Å². The Kier molecular flexibility index (Phi) is 2.68. The largest absolute Gasteiger partial charge is 0.488 e. The summed E-state index contributed by atoms with van der Waals surface area (Å²) in [7, 11) is 0. The van der Waals surface area contributed by atoms with Crippen LogP contribution in [0.4, 0.5) is 11.4 Å². The Morgan fingerprint density at radius 3 is 2.44 bits per heavy atom. The van der Waals surface area contributed by atoms with Crippen molar-refractivity contribution in [1.82, 2.24) is 9.97 Å². The molecule has 0 amide bonds. The summed E-state index contributed by atoms with van der Waals surface area (Å²) in [6.07, 6.45) is 0. The van der Waals surface area contributed by atoms with E-state index in [0.29, 0.717) is 11.3 Å². The van der Waals surface area contributed by atoms with Crippen LogP contribution in [0.25, 0.3) is 11.4 Å². The summed E-state index contributed by atoms with van der Waals surface area (Å²) in [6, 6.07) is 6.29. The van der Waals surface area contributed by atoms with Crippen LogP contribution in [0.1, 0.15) is 0 Å². The molecule has 0 saturated heterocycles. The number of rotatable bonds is 2. The number of nitrogens with two attached hydrogens (primary N) is 1. The smallest absolute Gasteiger partial charge is 0.395 e. The van der Waals surface area contributed by atoms with Gasteiger partial charge in [-0.3, -0.25) is 14.9 Å². The van der Waals surface area contributed by atoms with Crippen molar-refractivity contribution >= 4 is 11.4 Å². The minimum atomic E-state index is -1.01. The highest BCUT2D eigenvalue weighted by Crippen LogP contribution is 2.22. The maximum absolute atomic E-state index is 11.4. The van der Waals surface area contributed by atoms with Crippen LogP contribution in [0.15, 0.2) is 29.1 Å². The standard InChI is InChI=1S/C10H8N4O4/c11-6-3-1-5(2-4-6)8-12-9(15)7(14(17)18)10(16)13-8/h1-4H,11H2,(H2,12,13,15,16). The molecule has 0 fully saturated rings. The van der Waals surface area contributed by atoms with Crippen molar-refractivity contribution in [3.8, 4) is 17.3 Å². The number of hydrogen-bond acceptors (Lipinski definition) is 6. The molecule has 0 radical (unpaired) electrons. The van der Waals surface area contributed by atoms with Crippen LogP contribution < -0.4 is 11.3 Å². The molecule has 0 aliphatic heterocycles. The number of nitrogens with one attached hydrogen (secondary N) is 1. The summed E-state index contributed by atoms with van der Waals surface area (Å²) < 4.78 is 0. The van der Waals surface area contributed by atoms with E-state index in [1.165, 1.54) is 0 Å². The van der Waals surface area contributed by atoms with Gasteiger partial charge in [-0.25, -0.2) is 0 Å². The molecule has 1 aromatic carbocycles. The molecule has 1 aromatic heterocycles. The van der Waals surface area contributed by atoms with Gasteiger partial charge in [-0.1, -0.05) is 0 Å². The fourth-order valence-corrected chi connectivity index (χ4v) is 1.40. The third-order valence-corrected chi connectivity index (χ3v) is 2.24. The van der Waals surface area contributed by atoms with E-state index < -0.39 is 22.0 Å². The first-order valence-corrected chi connectivity index (χ1v) is 4.82. The lowest BCUT2D eigenvalue weighted by Gasteiger charge is -2.02. The first kappa shape index (κ1) is 11.6. The minimum absolute atomic E-state index is 0.0306. The van der Waals surface area contributed by atoms with Crippen molar-refractivity contribution < 1.29 is 10.0 Å². The molecule has 0 spiro atoms. The second-order valence-corrected chi connectivity index (χ2v) is 3.47. The predicted molar refractivity (Wildman–Crippen MR) is 63.0 cm³/mol. The normalized spacial score (nSPS) is 10.2. The fraction of sp³-hybridized carbons (Fsp3) is 0. The summed E-state index contributed by atoms with van der Waals surface area (Å²) >= 11 is 0. The van der Waals surface area contributed by atoms with Crippen molar-refractivity contribution in [3.05, 3.63) is 44.7 Å². The number of aromatic amines is 1. The zero-order valence-corrected chi connectivity index (χ0v) is 8.95. The van der Waals surface area contributed by atoms with Crippen molar-refractivity contribution in [2.45, 2.75) is 0 Å². The Morgan fingerprint density at radius 1 is 1.33 bits per heavy atom. The highest BCUT2D eigenvalue weighted by atomic mass is 16.6. The van der Waals surface area contributed by atoms with Gasteiger partial charge in [0, 0.05) is 11.3 Å². The molecule has 8 heteroatoms. The molecule has 2 aromatic rings. The SMILES string of the molecule is Nc1ccc(-c2nc(O)c([N+](=O)[O-])c(=O)[nH]2)cc1. The fourth-order valence-electron chi connectivity index (χ4n) is 1.40. The monoisotopic (exact) mass is 248 g/mol. The van der Waals surface area contributed by atoms with E-state index in [1.54, 1.807) is 24.3 Å². The molecule has 0 bridgehead atoms. The molecule has 1 heterocycles. The van der Waals surface area contributed by atoms with Gasteiger partial charge in [-0.2, -0.15) is 4.98 Å². The Morgan fingerprint density at radius 2 is 1.94 bits per heavy atom. The average molecular weight is 248 g/mol. The molecule has 92 valence electrons. The van der Waals surface area contributed by atoms with Gasteiger partial charge in [-0.15, -0.1) is 0 Å². The van der Waals surface area contributed by atoms with Gasteiger partial charge in [0.25, 0.3) is 5.88 Å². The van der Waals surface area contributed by atoms with Crippen LogP contribution in [0, 0.1) is 10.1 Å². The highest BCUT2D eigenvalue weighted by molar-refractivity contribution is 5.60. The molecule has 0 atom stereocenters. The second-order valence-electron chi connectivity index (χ2n) is 3.47. The quantitative estimate of drug-likeness (QED) is 0.405. The van der Waals surface area contributed by atoms with Crippen molar-refractivity contribution in [1.29, 1.82) is 0 Å². The van der Waals surface area contributed by atoms with E-state index in [4.69, 9.17) is 5.73 Å². The van der Waals surface area contributed by atoms with Gasteiger partial charge in [0.2, 0.25) is 0 Å². The molecule has 0 aliphatic rings.